The van der Waals surface area contributed by atoms with Gasteiger partial charge in [-0.15, -0.1) is 0 Å². The molecule has 0 aliphatic carbocycles. The minimum Gasteiger partial charge on any atom is -0.355 e. The second kappa shape index (κ2) is 8.01. The standard InChI is InChI=1S/C26H27ClN4/c1-17-11-18(2)14-30(13-17)25-24-22(20-7-5-4-6-8-20)15-31(26(24)29-16-28-25)21-10-9-19(3)23(27)12-21/h4-10,12,15-18H,11,13-14H2,1-3H3/t17-,18+. The molecule has 4 nitrogen and oxygen atoms in total. The van der Waals surface area contributed by atoms with E-state index in [4.69, 9.17) is 21.6 Å². The highest BCUT2D eigenvalue weighted by atomic mass is 35.5. The molecule has 1 aliphatic heterocycles. The monoisotopic (exact) mass is 430 g/mol. The normalized spacial score (nSPS) is 19.2. The number of hydrogen-bond donors (Lipinski definition) is 0. The van der Waals surface area contributed by atoms with Crippen LogP contribution in [-0.4, -0.2) is 27.6 Å². The molecule has 0 unspecified atom stereocenters. The zero-order valence-electron chi connectivity index (χ0n) is 18.2. The highest BCUT2D eigenvalue weighted by Crippen LogP contribution is 2.38. The quantitative estimate of drug-likeness (QED) is 0.370. The van der Waals surface area contributed by atoms with E-state index in [1.165, 1.54) is 12.0 Å². The van der Waals surface area contributed by atoms with Crippen molar-refractivity contribution < 1.29 is 0 Å². The van der Waals surface area contributed by atoms with Crippen LogP contribution in [0.5, 0.6) is 0 Å². The Morgan fingerprint density at radius 3 is 2.42 bits per heavy atom. The number of hydrogen-bond acceptors (Lipinski definition) is 3. The third-order valence-electron chi connectivity index (χ3n) is 6.25. The Bertz CT molecular complexity index is 1220. The van der Waals surface area contributed by atoms with Crippen molar-refractivity contribution in [2.75, 3.05) is 18.0 Å². The molecule has 0 radical (unpaired) electrons. The summed E-state index contributed by atoms with van der Waals surface area (Å²) >= 11 is 6.47. The van der Waals surface area contributed by atoms with E-state index in [-0.39, 0.29) is 0 Å². The average molecular weight is 431 g/mol. The van der Waals surface area contributed by atoms with Gasteiger partial charge in [0.05, 0.1) is 5.39 Å². The highest BCUT2D eigenvalue weighted by molar-refractivity contribution is 6.31. The van der Waals surface area contributed by atoms with E-state index in [2.05, 4.69) is 65.9 Å². The number of halogens is 1. The van der Waals surface area contributed by atoms with Crippen LogP contribution < -0.4 is 4.90 Å². The summed E-state index contributed by atoms with van der Waals surface area (Å²) in [6.07, 6.45) is 5.14. The molecule has 158 valence electrons. The van der Waals surface area contributed by atoms with Crippen LogP contribution in [0.25, 0.3) is 27.8 Å². The summed E-state index contributed by atoms with van der Waals surface area (Å²) in [7, 11) is 0. The molecule has 1 fully saturated rings. The number of anilines is 1. The average Bonchev–Trinajstić information content (AvgIpc) is 3.15. The van der Waals surface area contributed by atoms with Gasteiger partial charge in [-0.3, -0.25) is 0 Å². The summed E-state index contributed by atoms with van der Waals surface area (Å²) in [5.41, 5.74) is 5.30. The molecule has 4 aromatic rings. The van der Waals surface area contributed by atoms with E-state index < -0.39 is 0 Å². The first-order chi connectivity index (χ1) is 15.0. The molecule has 3 heterocycles. The van der Waals surface area contributed by atoms with Gasteiger partial charge in [0.15, 0.2) is 5.65 Å². The van der Waals surface area contributed by atoms with E-state index in [0.29, 0.717) is 11.8 Å². The fourth-order valence-electron chi connectivity index (χ4n) is 4.89. The molecule has 5 heteroatoms. The Balaban J connectivity index is 1.76. The molecule has 0 N–H and O–H groups in total. The molecule has 1 saturated heterocycles. The molecular weight excluding hydrogens is 404 g/mol. The van der Waals surface area contributed by atoms with Gasteiger partial charge in [0.2, 0.25) is 0 Å². The van der Waals surface area contributed by atoms with Gasteiger partial charge in [-0.05, 0) is 48.4 Å². The summed E-state index contributed by atoms with van der Waals surface area (Å²) in [5, 5.41) is 1.86. The van der Waals surface area contributed by atoms with Crippen LogP contribution in [0.15, 0.2) is 61.1 Å². The van der Waals surface area contributed by atoms with Crippen molar-refractivity contribution in [1.82, 2.24) is 14.5 Å². The lowest BCUT2D eigenvalue weighted by Gasteiger charge is -2.36. The number of nitrogens with zero attached hydrogens (tertiary/aromatic N) is 4. The number of rotatable bonds is 3. The van der Waals surface area contributed by atoms with Gasteiger partial charge in [0.1, 0.15) is 12.1 Å². The molecule has 1 aliphatic rings. The van der Waals surface area contributed by atoms with Gasteiger partial charge in [-0.25, -0.2) is 9.97 Å². The molecule has 5 rings (SSSR count). The molecule has 0 saturated carbocycles. The van der Waals surface area contributed by atoms with Crippen LogP contribution in [0.3, 0.4) is 0 Å². The minimum atomic E-state index is 0.645. The Labute approximate surface area is 188 Å². The predicted molar refractivity (Wildman–Crippen MR) is 129 cm³/mol. The lowest BCUT2D eigenvalue weighted by Crippen LogP contribution is -2.39. The first-order valence-corrected chi connectivity index (χ1v) is 11.3. The molecule has 0 spiro atoms. The maximum atomic E-state index is 6.47. The Morgan fingerprint density at radius 1 is 0.968 bits per heavy atom. The first-order valence-electron chi connectivity index (χ1n) is 10.9. The lowest BCUT2D eigenvalue weighted by atomic mass is 9.91. The lowest BCUT2D eigenvalue weighted by molar-refractivity contribution is 0.356. The van der Waals surface area contributed by atoms with E-state index in [1.54, 1.807) is 6.33 Å². The minimum absolute atomic E-state index is 0.645. The molecule has 2 aromatic heterocycles. The Hall–Kier alpha value is -2.85. The van der Waals surface area contributed by atoms with Crippen LogP contribution in [0.4, 0.5) is 5.82 Å². The fourth-order valence-corrected chi connectivity index (χ4v) is 5.06. The smallest absolute Gasteiger partial charge is 0.150 e. The summed E-state index contributed by atoms with van der Waals surface area (Å²) in [5.74, 6) is 2.32. The number of aryl methyl sites for hydroxylation is 1. The largest absolute Gasteiger partial charge is 0.355 e. The van der Waals surface area contributed by atoms with Gasteiger partial charge in [-0.1, -0.05) is 61.8 Å². The fraction of sp³-hybridized carbons (Fsp3) is 0.308. The van der Waals surface area contributed by atoms with Crippen molar-refractivity contribution >= 4 is 28.5 Å². The summed E-state index contributed by atoms with van der Waals surface area (Å²) < 4.78 is 2.14. The summed E-state index contributed by atoms with van der Waals surface area (Å²) in [6.45, 7) is 8.73. The van der Waals surface area contributed by atoms with Crippen molar-refractivity contribution in [1.29, 1.82) is 0 Å². The van der Waals surface area contributed by atoms with E-state index in [1.807, 2.05) is 19.1 Å². The molecule has 2 atom stereocenters. The number of fused-ring (bicyclic) bond motifs is 1. The number of benzene rings is 2. The zero-order valence-corrected chi connectivity index (χ0v) is 19.0. The third-order valence-corrected chi connectivity index (χ3v) is 6.66. The van der Waals surface area contributed by atoms with E-state index in [9.17, 15) is 0 Å². The van der Waals surface area contributed by atoms with Crippen LogP contribution in [0.1, 0.15) is 25.8 Å². The molecule has 0 bridgehead atoms. The number of piperidine rings is 1. The summed E-state index contributed by atoms with van der Waals surface area (Å²) in [4.78, 5) is 12.0. The van der Waals surface area contributed by atoms with Gasteiger partial charge >= 0.3 is 0 Å². The van der Waals surface area contributed by atoms with Crippen molar-refractivity contribution in [3.8, 4) is 16.8 Å². The van der Waals surface area contributed by atoms with Crippen molar-refractivity contribution in [2.45, 2.75) is 27.2 Å². The molecule has 0 amide bonds. The van der Waals surface area contributed by atoms with Crippen LogP contribution in [-0.2, 0) is 0 Å². The Morgan fingerprint density at radius 2 is 1.71 bits per heavy atom. The first kappa shape index (κ1) is 20.1. The SMILES string of the molecule is Cc1ccc(-n2cc(-c3ccccc3)c3c(N4C[C@H](C)C[C@H](C)C4)ncnc32)cc1Cl. The highest BCUT2D eigenvalue weighted by Gasteiger charge is 2.26. The Kier molecular flexibility index (Phi) is 5.19. The van der Waals surface area contributed by atoms with Crippen LogP contribution in [0, 0.1) is 18.8 Å². The molecule has 31 heavy (non-hydrogen) atoms. The van der Waals surface area contributed by atoms with Crippen molar-refractivity contribution in [3.05, 3.63) is 71.6 Å². The maximum Gasteiger partial charge on any atom is 0.150 e. The van der Waals surface area contributed by atoms with Crippen molar-refractivity contribution in [3.63, 3.8) is 0 Å². The van der Waals surface area contributed by atoms with Gasteiger partial charge in [0.25, 0.3) is 0 Å². The topological polar surface area (TPSA) is 34.0 Å². The maximum absolute atomic E-state index is 6.47. The molecular formula is C26H27ClN4. The number of aromatic nitrogens is 3. The second-order valence-electron chi connectivity index (χ2n) is 8.96. The zero-order chi connectivity index (χ0) is 21.5. The molecule has 2 aromatic carbocycles. The van der Waals surface area contributed by atoms with Gasteiger partial charge in [-0.2, -0.15) is 0 Å². The second-order valence-corrected chi connectivity index (χ2v) is 9.37. The van der Waals surface area contributed by atoms with Crippen LogP contribution >= 0.6 is 11.6 Å². The van der Waals surface area contributed by atoms with Crippen LogP contribution in [0.2, 0.25) is 5.02 Å². The van der Waals surface area contributed by atoms with E-state index in [0.717, 1.165) is 51.8 Å². The van der Waals surface area contributed by atoms with Crippen molar-refractivity contribution in [2.24, 2.45) is 11.8 Å². The summed E-state index contributed by atoms with van der Waals surface area (Å²) in [6, 6.07) is 16.7. The predicted octanol–water partition coefficient (Wildman–Crippen LogP) is 6.53. The third kappa shape index (κ3) is 3.70. The van der Waals surface area contributed by atoms with E-state index >= 15 is 0 Å². The van der Waals surface area contributed by atoms with Gasteiger partial charge < -0.3 is 9.47 Å². The van der Waals surface area contributed by atoms with Gasteiger partial charge in [0, 0.05) is 35.6 Å².